The molecular weight excluding hydrogens is 204 g/mol. The molecule has 1 atom stereocenters. The maximum atomic E-state index is 10.8. The van der Waals surface area contributed by atoms with Crippen LogP contribution in [0, 0.1) is 5.92 Å². The maximum absolute atomic E-state index is 10.8. The number of nitrogens with one attached hydrogen (secondary N) is 1. The van der Waals surface area contributed by atoms with Crippen molar-refractivity contribution >= 4 is 5.97 Å². The first-order valence-corrected chi connectivity index (χ1v) is 6.35. The van der Waals surface area contributed by atoms with E-state index in [0.29, 0.717) is 12.3 Å². The van der Waals surface area contributed by atoms with Gasteiger partial charge in [0, 0.05) is 0 Å². The van der Waals surface area contributed by atoms with Gasteiger partial charge in [0.1, 0.15) is 6.04 Å². The van der Waals surface area contributed by atoms with Gasteiger partial charge in [-0.3, -0.25) is 4.79 Å². The van der Waals surface area contributed by atoms with Gasteiger partial charge in [-0.05, 0) is 51.4 Å². The highest BCUT2D eigenvalue weighted by Crippen LogP contribution is 2.16. The van der Waals surface area contributed by atoms with Crippen LogP contribution >= 0.6 is 0 Å². The molecule has 1 heterocycles. The van der Waals surface area contributed by atoms with E-state index in [1.165, 1.54) is 12.8 Å². The summed E-state index contributed by atoms with van der Waals surface area (Å²) in [4.78, 5) is 13.3. The van der Waals surface area contributed by atoms with E-state index in [1.54, 1.807) is 0 Å². The van der Waals surface area contributed by atoms with Crippen molar-refractivity contribution in [3.63, 3.8) is 0 Å². The molecule has 0 saturated carbocycles. The molecule has 94 valence electrons. The minimum atomic E-state index is -0.728. The highest BCUT2D eigenvalue weighted by Gasteiger charge is 2.20. The molecule has 1 aliphatic rings. The lowest BCUT2D eigenvalue weighted by molar-refractivity contribution is -0.139. The zero-order chi connectivity index (χ0) is 12.0. The Bertz CT molecular complexity index is 213. The van der Waals surface area contributed by atoms with E-state index in [1.807, 2.05) is 6.92 Å². The molecule has 1 aliphatic heterocycles. The molecule has 1 saturated heterocycles. The van der Waals surface area contributed by atoms with E-state index >= 15 is 0 Å². The molecule has 0 radical (unpaired) electrons. The molecule has 0 aromatic carbocycles. The van der Waals surface area contributed by atoms with Crippen LogP contribution in [0.25, 0.3) is 0 Å². The van der Waals surface area contributed by atoms with Crippen molar-refractivity contribution in [1.29, 1.82) is 0 Å². The fourth-order valence-electron chi connectivity index (χ4n) is 2.22. The van der Waals surface area contributed by atoms with E-state index in [4.69, 9.17) is 5.11 Å². The summed E-state index contributed by atoms with van der Waals surface area (Å²) in [5.41, 5.74) is 0. The summed E-state index contributed by atoms with van der Waals surface area (Å²) in [5, 5.41) is 12.1. The third-order valence-corrected chi connectivity index (χ3v) is 3.51. The average Bonchev–Trinajstić information content (AvgIpc) is 2.30. The highest BCUT2D eigenvalue weighted by molar-refractivity contribution is 5.73. The van der Waals surface area contributed by atoms with Crippen LogP contribution in [0.4, 0.5) is 0 Å². The number of hydrogen-bond donors (Lipinski definition) is 2. The van der Waals surface area contributed by atoms with Crippen LogP contribution < -0.4 is 5.32 Å². The Morgan fingerprint density at radius 2 is 2.06 bits per heavy atom. The number of carboxylic acid groups (broad SMARTS) is 1. The summed E-state index contributed by atoms with van der Waals surface area (Å²) in [6, 6.07) is -0.371. The van der Waals surface area contributed by atoms with E-state index in [2.05, 4.69) is 17.1 Å². The number of nitrogens with zero attached hydrogens (tertiary/aromatic N) is 1. The monoisotopic (exact) mass is 228 g/mol. The van der Waals surface area contributed by atoms with Crippen LogP contribution in [-0.4, -0.2) is 48.2 Å². The molecule has 0 aromatic heterocycles. The molecule has 0 bridgehead atoms. The van der Waals surface area contributed by atoms with E-state index in [9.17, 15) is 4.79 Å². The summed E-state index contributed by atoms with van der Waals surface area (Å²) in [5.74, 6) is -0.0790. The molecule has 0 aromatic rings. The topological polar surface area (TPSA) is 52.6 Å². The Morgan fingerprint density at radius 3 is 2.50 bits per heavy atom. The Morgan fingerprint density at radius 1 is 1.44 bits per heavy atom. The first-order chi connectivity index (χ1) is 7.67. The summed E-state index contributed by atoms with van der Waals surface area (Å²) < 4.78 is 0. The van der Waals surface area contributed by atoms with Crippen molar-refractivity contribution in [2.45, 2.75) is 39.2 Å². The number of carboxylic acids is 1. The average molecular weight is 228 g/mol. The minimum Gasteiger partial charge on any atom is -0.480 e. The standard InChI is InChI=1S/C12H24N2O2/c1-3-11(12(15)16)13-9-10-5-7-14(4-2)8-6-10/h10-11,13H,3-9H2,1-2H3,(H,15,16). The second-order valence-electron chi connectivity index (χ2n) is 4.58. The van der Waals surface area contributed by atoms with Crippen molar-refractivity contribution in [1.82, 2.24) is 10.2 Å². The summed E-state index contributed by atoms with van der Waals surface area (Å²) >= 11 is 0. The second kappa shape index (κ2) is 6.86. The van der Waals surface area contributed by atoms with Gasteiger partial charge in [-0.15, -0.1) is 0 Å². The van der Waals surface area contributed by atoms with Crippen LogP contribution in [-0.2, 0) is 4.79 Å². The Labute approximate surface area is 98.0 Å². The van der Waals surface area contributed by atoms with Crippen molar-refractivity contribution < 1.29 is 9.90 Å². The molecule has 4 nitrogen and oxygen atoms in total. The summed E-state index contributed by atoms with van der Waals surface area (Å²) in [6.45, 7) is 8.40. The van der Waals surface area contributed by atoms with Crippen LogP contribution in [0.3, 0.4) is 0 Å². The Kier molecular flexibility index (Phi) is 5.77. The van der Waals surface area contributed by atoms with Crippen LogP contribution in [0.15, 0.2) is 0 Å². The van der Waals surface area contributed by atoms with E-state index in [-0.39, 0.29) is 6.04 Å². The third kappa shape index (κ3) is 4.10. The first-order valence-electron chi connectivity index (χ1n) is 6.35. The predicted molar refractivity (Wildman–Crippen MR) is 64.6 cm³/mol. The minimum absolute atomic E-state index is 0.371. The van der Waals surface area contributed by atoms with Crippen LogP contribution in [0.1, 0.15) is 33.1 Å². The SMILES string of the molecule is CCC(NCC1CCN(CC)CC1)C(=O)O. The fourth-order valence-corrected chi connectivity index (χ4v) is 2.22. The second-order valence-corrected chi connectivity index (χ2v) is 4.58. The molecule has 2 N–H and O–H groups in total. The largest absolute Gasteiger partial charge is 0.480 e. The lowest BCUT2D eigenvalue weighted by atomic mass is 9.96. The molecular formula is C12H24N2O2. The van der Waals surface area contributed by atoms with Gasteiger partial charge in [-0.1, -0.05) is 13.8 Å². The number of rotatable bonds is 6. The van der Waals surface area contributed by atoms with Gasteiger partial charge in [0.05, 0.1) is 0 Å². The molecule has 0 spiro atoms. The summed E-state index contributed by atoms with van der Waals surface area (Å²) in [7, 11) is 0. The molecule has 16 heavy (non-hydrogen) atoms. The van der Waals surface area contributed by atoms with Crippen molar-refractivity contribution in [2.24, 2.45) is 5.92 Å². The number of carbonyl (C=O) groups is 1. The maximum Gasteiger partial charge on any atom is 0.320 e. The molecule has 0 amide bonds. The molecule has 0 aliphatic carbocycles. The van der Waals surface area contributed by atoms with Crippen LogP contribution in [0.5, 0.6) is 0 Å². The van der Waals surface area contributed by atoms with Crippen LogP contribution in [0.2, 0.25) is 0 Å². The molecule has 1 rings (SSSR count). The number of aliphatic carboxylic acids is 1. The number of hydrogen-bond acceptors (Lipinski definition) is 3. The van der Waals surface area contributed by atoms with Crippen molar-refractivity contribution in [2.75, 3.05) is 26.2 Å². The van der Waals surface area contributed by atoms with Gasteiger partial charge in [0.2, 0.25) is 0 Å². The van der Waals surface area contributed by atoms with Crippen molar-refractivity contribution in [3.8, 4) is 0 Å². The predicted octanol–water partition coefficient (Wildman–Crippen LogP) is 1.17. The van der Waals surface area contributed by atoms with E-state index < -0.39 is 5.97 Å². The van der Waals surface area contributed by atoms with Gasteiger partial charge in [0.25, 0.3) is 0 Å². The lowest BCUT2D eigenvalue weighted by Gasteiger charge is -2.31. The molecule has 1 unspecified atom stereocenters. The van der Waals surface area contributed by atoms with Gasteiger partial charge in [-0.2, -0.15) is 0 Å². The van der Waals surface area contributed by atoms with Gasteiger partial charge < -0.3 is 15.3 Å². The third-order valence-electron chi connectivity index (χ3n) is 3.51. The van der Waals surface area contributed by atoms with E-state index in [0.717, 1.165) is 26.2 Å². The number of piperidine rings is 1. The normalized spacial score (nSPS) is 20.9. The van der Waals surface area contributed by atoms with Gasteiger partial charge in [-0.25, -0.2) is 0 Å². The Balaban J connectivity index is 2.21. The zero-order valence-corrected chi connectivity index (χ0v) is 10.4. The van der Waals surface area contributed by atoms with Gasteiger partial charge in [0.15, 0.2) is 0 Å². The fraction of sp³-hybridized carbons (Fsp3) is 0.917. The quantitative estimate of drug-likeness (QED) is 0.716. The number of likely N-dealkylation sites (tertiary alicyclic amines) is 1. The smallest absolute Gasteiger partial charge is 0.320 e. The van der Waals surface area contributed by atoms with Crippen molar-refractivity contribution in [3.05, 3.63) is 0 Å². The Hall–Kier alpha value is -0.610. The summed E-state index contributed by atoms with van der Waals surface area (Å²) in [6.07, 6.45) is 3.04. The first kappa shape index (κ1) is 13.5. The molecule has 1 fully saturated rings. The molecule has 4 heteroatoms. The zero-order valence-electron chi connectivity index (χ0n) is 10.4. The lowest BCUT2D eigenvalue weighted by Crippen LogP contribution is -2.42. The van der Waals surface area contributed by atoms with Gasteiger partial charge >= 0.3 is 5.97 Å². The highest BCUT2D eigenvalue weighted by atomic mass is 16.4.